The maximum atomic E-state index is 11.2. The van der Waals surface area contributed by atoms with Gasteiger partial charge in [0.05, 0.1) is 0 Å². The lowest BCUT2D eigenvalue weighted by Gasteiger charge is -2.28. The van der Waals surface area contributed by atoms with E-state index in [1.807, 2.05) is 18.2 Å². The van der Waals surface area contributed by atoms with Crippen LogP contribution in [0.3, 0.4) is 0 Å². The fourth-order valence-corrected chi connectivity index (χ4v) is 4.17. The van der Waals surface area contributed by atoms with Gasteiger partial charge in [-0.15, -0.1) is 0 Å². The fraction of sp³-hybridized carbons (Fsp3) is 0.588. The third kappa shape index (κ3) is 2.73. The molecule has 1 aromatic carbocycles. The van der Waals surface area contributed by atoms with Crippen LogP contribution in [0, 0.1) is 17.8 Å². The molecule has 20 heavy (non-hydrogen) atoms. The topological polar surface area (TPSA) is 55.1 Å². The van der Waals surface area contributed by atoms with E-state index in [9.17, 15) is 4.79 Å². The molecule has 2 fully saturated rings. The Kier molecular flexibility index (Phi) is 3.79. The SMILES string of the molecule is CC(NCc1cccc(C(N)=O)c1)C1CC2CCC1C2. The summed E-state index contributed by atoms with van der Waals surface area (Å²) in [4.78, 5) is 11.2. The Morgan fingerprint density at radius 1 is 1.40 bits per heavy atom. The molecule has 3 heteroatoms. The Morgan fingerprint density at radius 2 is 2.25 bits per heavy atom. The van der Waals surface area contributed by atoms with Crippen molar-refractivity contribution in [1.29, 1.82) is 0 Å². The molecule has 4 atom stereocenters. The molecule has 2 bridgehead atoms. The Labute approximate surface area is 120 Å². The van der Waals surface area contributed by atoms with Crippen molar-refractivity contribution in [3.05, 3.63) is 35.4 Å². The van der Waals surface area contributed by atoms with Crippen LogP contribution in [0.1, 0.15) is 48.5 Å². The summed E-state index contributed by atoms with van der Waals surface area (Å²) in [6.07, 6.45) is 5.74. The Morgan fingerprint density at radius 3 is 2.90 bits per heavy atom. The summed E-state index contributed by atoms with van der Waals surface area (Å²) in [5, 5.41) is 3.64. The number of hydrogen-bond acceptors (Lipinski definition) is 2. The summed E-state index contributed by atoms with van der Waals surface area (Å²) in [5.74, 6) is 2.42. The first-order chi connectivity index (χ1) is 9.63. The zero-order valence-electron chi connectivity index (χ0n) is 12.1. The minimum absolute atomic E-state index is 0.354. The zero-order valence-corrected chi connectivity index (χ0v) is 12.1. The molecule has 1 aromatic rings. The van der Waals surface area contributed by atoms with E-state index < -0.39 is 0 Å². The number of fused-ring (bicyclic) bond motifs is 2. The first-order valence-electron chi connectivity index (χ1n) is 7.75. The van der Waals surface area contributed by atoms with Gasteiger partial charge in [-0.1, -0.05) is 18.6 Å². The first-order valence-corrected chi connectivity index (χ1v) is 7.75. The van der Waals surface area contributed by atoms with Crippen molar-refractivity contribution in [3.63, 3.8) is 0 Å². The van der Waals surface area contributed by atoms with Crippen LogP contribution >= 0.6 is 0 Å². The van der Waals surface area contributed by atoms with Crippen molar-refractivity contribution in [3.8, 4) is 0 Å². The minimum atomic E-state index is -0.354. The van der Waals surface area contributed by atoms with E-state index in [1.165, 1.54) is 25.7 Å². The Balaban J connectivity index is 1.56. The monoisotopic (exact) mass is 272 g/mol. The lowest BCUT2D eigenvalue weighted by atomic mass is 9.84. The van der Waals surface area contributed by atoms with Crippen molar-refractivity contribution in [2.45, 2.75) is 45.2 Å². The minimum Gasteiger partial charge on any atom is -0.366 e. The lowest BCUT2D eigenvalue weighted by Crippen LogP contribution is -2.35. The highest BCUT2D eigenvalue weighted by Gasteiger charge is 2.41. The second-order valence-electron chi connectivity index (χ2n) is 6.57. The van der Waals surface area contributed by atoms with E-state index >= 15 is 0 Å². The van der Waals surface area contributed by atoms with E-state index in [0.29, 0.717) is 11.6 Å². The molecule has 0 radical (unpaired) electrons. The van der Waals surface area contributed by atoms with Gasteiger partial charge < -0.3 is 11.1 Å². The number of carbonyl (C=O) groups is 1. The highest BCUT2D eigenvalue weighted by atomic mass is 16.1. The molecule has 2 saturated carbocycles. The van der Waals surface area contributed by atoms with Gasteiger partial charge in [0.1, 0.15) is 0 Å². The van der Waals surface area contributed by atoms with Crippen LogP contribution in [0.5, 0.6) is 0 Å². The number of rotatable bonds is 5. The predicted molar refractivity (Wildman–Crippen MR) is 80.2 cm³/mol. The van der Waals surface area contributed by atoms with E-state index in [4.69, 9.17) is 5.73 Å². The van der Waals surface area contributed by atoms with Gasteiger partial charge in [0.15, 0.2) is 0 Å². The maximum absolute atomic E-state index is 11.2. The number of amides is 1. The molecule has 0 heterocycles. The smallest absolute Gasteiger partial charge is 0.248 e. The number of primary amides is 1. The average Bonchev–Trinajstić information content (AvgIpc) is 3.07. The first kappa shape index (κ1) is 13.6. The molecule has 0 spiro atoms. The van der Waals surface area contributed by atoms with Crippen LogP contribution in [0.4, 0.5) is 0 Å². The van der Waals surface area contributed by atoms with E-state index in [1.54, 1.807) is 6.07 Å². The summed E-state index contributed by atoms with van der Waals surface area (Å²) < 4.78 is 0. The Hall–Kier alpha value is -1.35. The number of nitrogens with one attached hydrogen (secondary N) is 1. The molecule has 2 aliphatic carbocycles. The second kappa shape index (κ2) is 5.57. The molecular weight excluding hydrogens is 248 g/mol. The molecule has 3 rings (SSSR count). The quantitative estimate of drug-likeness (QED) is 0.866. The summed E-state index contributed by atoms with van der Waals surface area (Å²) in [6.45, 7) is 3.12. The van der Waals surface area contributed by atoms with Gasteiger partial charge in [-0.25, -0.2) is 0 Å². The molecule has 3 nitrogen and oxygen atoms in total. The van der Waals surface area contributed by atoms with Crippen molar-refractivity contribution < 1.29 is 4.79 Å². The van der Waals surface area contributed by atoms with Crippen LogP contribution in [-0.2, 0) is 6.54 Å². The lowest BCUT2D eigenvalue weighted by molar-refractivity contribution is 0.1000. The van der Waals surface area contributed by atoms with Crippen LogP contribution in [0.2, 0.25) is 0 Å². The summed E-state index contributed by atoms with van der Waals surface area (Å²) in [6, 6.07) is 8.17. The average molecular weight is 272 g/mol. The van der Waals surface area contributed by atoms with Gasteiger partial charge >= 0.3 is 0 Å². The molecule has 108 valence electrons. The molecule has 2 aliphatic rings. The van der Waals surface area contributed by atoms with E-state index in [2.05, 4.69) is 12.2 Å². The second-order valence-corrected chi connectivity index (χ2v) is 6.57. The molecule has 0 aliphatic heterocycles. The molecule has 3 N–H and O–H groups in total. The molecular formula is C17H24N2O. The highest BCUT2D eigenvalue weighted by molar-refractivity contribution is 5.92. The van der Waals surface area contributed by atoms with Crippen LogP contribution in [0.15, 0.2) is 24.3 Å². The van der Waals surface area contributed by atoms with Gasteiger partial charge in [-0.3, -0.25) is 4.79 Å². The summed E-state index contributed by atoms with van der Waals surface area (Å²) >= 11 is 0. The molecule has 0 saturated heterocycles. The number of hydrogen-bond donors (Lipinski definition) is 2. The number of nitrogens with two attached hydrogens (primary N) is 1. The standard InChI is InChI=1S/C17H24N2O/c1-11(16-9-12-5-6-14(16)7-12)19-10-13-3-2-4-15(8-13)17(18)20/h2-4,8,11-12,14,16,19H,5-7,9-10H2,1H3,(H2,18,20). The van der Waals surface area contributed by atoms with Crippen LogP contribution < -0.4 is 11.1 Å². The van der Waals surface area contributed by atoms with Crippen molar-refractivity contribution >= 4 is 5.91 Å². The largest absolute Gasteiger partial charge is 0.366 e. The predicted octanol–water partition coefficient (Wildman–Crippen LogP) is 2.70. The highest BCUT2D eigenvalue weighted by Crippen LogP contribution is 2.49. The maximum Gasteiger partial charge on any atom is 0.248 e. The molecule has 4 unspecified atom stereocenters. The van der Waals surface area contributed by atoms with E-state index in [0.717, 1.165) is 29.9 Å². The number of carbonyl (C=O) groups excluding carboxylic acids is 1. The van der Waals surface area contributed by atoms with Gasteiger partial charge in [0, 0.05) is 18.2 Å². The van der Waals surface area contributed by atoms with Crippen LogP contribution in [0.25, 0.3) is 0 Å². The van der Waals surface area contributed by atoms with E-state index in [-0.39, 0.29) is 5.91 Å². The normalized spacial score (nSPS) is 29.6. The fourth-order valence-electron chi connectivity index (χ4n) is 4.17. The molecule has 1 amide bonds. The zero-order chi connectivity index (χ0) is 14.1. The van der Waals surface area contributed by atoms with Gasteiger partial charge in [-0.2, -0.15) is 0 Å². The van der Waals surface area contributed by atoms with Gasteiger partial charge in [0.25, 0.3) is 0 Å². The summed E-state index contributed by atoms with van der Waals surface area (Å²) in [7, 11) is 0. The van der Waals surface area contributed by atoms with Crippen LogP contribution in [-0.4, -0.2) is 11.9 Å². The van der Waals surface area contributed by atoms with Crippen molar-refractivity contribution in [2.24, 2.45) is 23.5 Å². The molecule has 0 aromatic heterocycles. The Bertz CT molecular complexity index is 500. The van der Waals surface area contributed by atoms with Gasteiger partial charge in [-0.05, 0) is 61.6 Å². The van der Waals surface area contributed by atoms with Gasteiger partial charge in [0.2, 0.25) is 5.91 Å². The third-order valence-corrected chi connectivity index (χ3v) is 5.27. The van der Waals surface area contributed by atoms with Crippen molar-refractivity contribution in [2.75, 3.05) is 0 Å². The third-order valence-electron chi connectivity index (χ3n) is 5.27. The van der Waals surface area contributed by atoms with Crippen molar-refractivity contribution in [1.82, 2.24) is 5.32 Å². The summed E-state index contributed by atoms with van der Waals surface area (Å²) in [5.41, 5.74) is 7.05. The number of benzene rings is 1.